The molecule has 14 heavy (non-hydrogen) atoms. The van der Waals surface area contributed by atoms with E-state index < -0.39 is 0 Å². The summed E-state index contributed by atoms with van der Waals surface area (Å²) < 4.78 is 13.1. The number of hydrogen-bond acceptors (Lipinski definition) is 0. The van der Waals surface area contributed by atoms with Crippen LogP contribution in [0.5, 0.6) is 0 Å². The summed E-state index contributed by atoms with van der Waals surface area (Å²) in [7, 11) is 0. The lowest BCUT2D eigenvalue weighted by Gasteiger charge is -2.24. The van der Waals surface area contributed by atoms with Crippen LogP contribution in [0, 0.1) is 5.82 Å². The highest BCUT2D eigenvalue weighted by atomic mass is 35.5. The van der Waals surface area contributed by atoms with Crippen molar-refractivity contribution in [1.29, 1.82) is 0 Å². The van der Waals surface area contributed by atoms with Gasteiger partial charge in [-0.1, -0.05) is 19.1 Å². The Morgan fingerprint density at radius 2 is 2.29 bits per heavy atom. The SMILES string of the molecule is CC1(c2cccc(F)c2)CCC(Cl)C1. The van der Waals surface area contributed by atoms with Gasteiger partial charge in [-0.05, 0) is 42.4 Å². The fourth-order valence-electron chi connectivity index (χ4n) is 2.29. The van der Waals surface area contributed by atoms with Crippen molar-refractivity contribution in [2.75, 3.05) is 0 Å². The van der Waals surface area contributed by atoms with Crippen molar-refractivity contribution in [2.45, 2.75) is 37.0 Å². The largest absolute Gasteiger partial charge is 0.207 e. The van der Waals surface area contributed by atoms with E-state index in [0.717, 1.165) is 24.8 Å². The Morgan fingerprint density at radius 1 is 1.50 bits per heavy atom. The van der Waals surface area contributed by atoms with Crippen LogP contribution in [0.1, 0.15) is 31.7 Å². The summed E-state index contributed by atoms with van der Waals surface area (Å²) >= 11 is 6.09. The molecule has 1 aromatic carbocycles. The Morgan fingerprint density at radius 3 is 2.86 bits per heavy atom. The van der Waals surface area contributed by atoms with E-state index in [0.29, 0.717) is 0 Å². The zero-order chi connectivity index (χ0) is 10.2. The summed E-state index contributed by atoms with van der Waals surface area (Å²) in [5, 5.41) is 0.253. The molecule has 1 saturated carbocycles. The second-order valence-corrected chi connectivity index (χ2v) is 5.03. The van der Waals surface area contributed by atoms with Crippen molar-refractivity contribution in [3.63, 3.8) is 0 Å². The number of hydrogen-bond donors (Lipinski definition) is 0. The van der Waals surface area contributed by atoms with Crippen LogP contribution in [0.3, 0.4) is 0 Å². The maximum Gasteiger partial charge on any atom is 0.123 e. The van der Waals surface area contributed by atoms with Gasteiger partial charge in [0, 0.05) is 5.38 Å². The molecule has 0 nitrogen and oxygen atoms in total. The normalized spacial score (nSPS) is 32.1. The van der Waals surface area contributed by atoms with E-state index in [9.17, 15) is 4.39 Å². The van der Waals surface area contributed by atoms with Crippen LogP contribution >= 0.6 is 11.6 Å². The Kier molecular flexibility index (Phi) is 2.52. The maximum absolute atomic E-state index is 13.1. The van der Waals surface area contributed by atoms with Crippen LogP contribution in [0.15, 0.2) is 24.3 Å². The van der Waals surface area contributed by atoms with E-state index in [1.54, 1.807) is 12.1 Å². The van der Waals surface area contributed by atoms with E-state index in [1.807, 2.05) is 6.07 Å². The van der Waals surface area contributed by atoms with Gasteiger partial charge in [0.05, 0.1) is 0 Å². The molecule has 0 amide bonds. The van der Waals surface area contributed by atoms with Gasteiger partial charge in [-0.2, -0.15) is 0 Å². The Labute approximate surface area is 89.1 Å². The molecule has 0 radical (unpaired) electrons. The minimum absolute atomic E-state index is 0.0779. The second-order valence-electron chi connectivity index (χ2n) is 4.41. The van der Waals surface area contributed by atoms with E-state index in [2.05, 4.69) is 6.92 Å². The first-order valence-corrected chi connectivity index (χ1v) is 5.44. The topological polar surface area (TPSA) is 0 Å². The summed E-state index contributed by atoms with van der Waals surface area (Å²) in [6, 6.07) is 6.89. The third-order valence-corrected chi connectivity index (χ3v) is 3.58. The Bertz CT molecular complexity index is 337. The molecule has 76 valence electrons. The van der Waals surface area contributed by atoms with Gasteiger partial charge in [0.2, 0.25) is 0 Å². The Hall–Kier alpha value is -0.560. The summed E-state index contributed by atoms with van der Waals surface area (Å²) in [5.41, 5.74) is 1.16. The summed E-state index contributed by atoms with van der Waals surface area (Å²) in [4.78, 5) is 0. The third kappa shape index (κ3) is 1.78. The first-order chi connectivity index (χ1) is 6.60. The molecule has 0 bridgehead atoms. The van der Waals surface area contributed by atoms with Crippen LogP contribution in [0.4, 0.5) is 4.39 Å². The van der Waals surface area contributed by atoms with Gasteiger partial charge in [0.25, 0.3) is 0 Å². The average molecular weight is 213 g/mol. The smallest absolute Gasteiger partial charge is 0.123 e. The van der Waals surface area contributed by atoms with Gasteiger partial charge < -0.3 is 0 Å². The van der Waals surface area contributed by atoms with Crippen molar-refractivity contribution in [3.8, 4) is 0 Å². The number of halogens is 2. The van der Waals surface area contributed by atoms with E-state index >= 15 is 0 Å². The van der Waals surface area contributed by atoms with Gasteiger partial charge >= 0.3 is 0 Å². The lowest BCUT2D eigenvalue weighted by Crippen LogP contribution is -2.17. The molecule has 2 rings (SSSR count). The fraction of sp³-hybridized carbons (Fsp3) is 0.500. The number of rotatable bonds is 1. The molecule has 2 heteroatoms. The lowest BCUT2D eigenvalue weighted by molar-refractivity contribution is 0.487. The molecule has 0 aliphatic heterocycles. The molecule has 0 saturated heterocycles. The van der Waals surface area contributed by atoms with Crippen molar-refractivity contribution >= 4 is 11.6 Å². The van der Waals surface area contributed by atoms with Crippen molar-refractivity contribution in [3.05, 3.63) is 35.6 Å². The van der Waals surface area contributed by atoms with E-state index in [4.69, 9.17) is 11.6 Å². The monoisotopic (exact) mass is 212 g/mol. The predicted octanol–water partition coefficient (Wildman–Crippen LogP) is 3.87. The molecule has 0 N–H and O–H groups in total. The van der Waals surface area contributed by atoms with Gasteiger partial charge in [0.15, 0.2) is 0 Å². The average Bonchev–Trinajstić information content (AvgIpc) is 2.48. The third-order valence-electron chi connectivity index (χ3n) is 3.20. The van der Waals surface area contributed by atoms with Crippen molar-refractivity contribution < 1.29 is 4.39 Å². The first kappa shape index (κ1) is 9.97. The van der Waals surface area contributed by atoms with Crippen LogP contribution in [0.2, 0.25) is 0 Å². The van der Waals surface area contributed by atoms with Crippen LogP contribution in [-0.2, 0) is 5.41 Å². The van der Waals surface area contributed by atoms with E-state index in [1.165, 1.54) is 6.07 Å². The zero-order valence-corrected chi connectivity index (χ0v) is 9.02. The highest BCUT2D eigenvalue weighted by molar-refractivity contribution is 6.20. The second kappa shape index (κ2) is 3.54. The van der Waals surface area contributed by atoms with Crippen LogP contribution < -0.4 is 0 Å². The summed E-state index contributed by atoms with van der Waals surface area (Å²) in [6.07, 6.45) is 3.05. The predicted molar refractivity (Wildman–Crippen MR) is 57.2 cm³/mol. The minimum Gasteiger partial charge on any atom is -0.207 e. The number of alkyl halides is 1. The number of benzene rings is 1. The summed E-state index contributed by atoms with van der Waals surface area (Å²) in [5.74, 6) is -0.151. The zero-order valence-electron chi connectivity index (χ0n) is 8.26. The quantitative estimate of drug-likeness (QED) is 0.620. The first-order valence-electron chi connectivity index (χ1n) is 5.00. The maximum atomic E-state index is 13.1. The standard InChI is InChI=1S/C12H14ClF/c1-12(6-5-10(13)8-12)9-3-2-4-11(14)7-9/h2-4,7,10H,5-6,8H2,1H3. The van der Waals surface area contributed by atoms with Gasteiger partial charge in [-0.15, -0.1) is 11.6 Å². The van der Waals surface area contributed by atoms with Crippen molar-refractivity contribution in [1.82, 2.24) is 0 Å². The molecule has 2 unspecified atom stereocenters. The van der Waals surface area contributed by atoms with E-state index in [-0.39, 0.29) is 16.6 Å². The highest BCUT2D eigenvalue weighted by Gasteiger charge is 2.35. The lowest BCUT2D eigenvalue weighted by atomic mass is 9.81. The molecular formula is C12H14ClF. The molecule has 0 heterocycles. The molecule has 1 aromatic rings. The van der Waals surface area contributed by atoms with Gasteiger partial charge in [-0.25, -0.2) is 4.39 Å². The minimum atomic E-state index is -0.151. The molecule has 1 aliphatic rings. The van der Waals surface area contributed by atoms with Crippen LogP contribution in [0.25, 0.3) is 0 Å². The van der Waals surface area contributed by atoms with Crippen molar-refractivity contribution in [2.24, 2.45) is 0 Å². The van der Waals surface area contributed by atoms with Gasteiger partial charge in [0.1, 0.15) is 5.82 Å². The molecule has 0 aromatic heterocycles. The fourth-order valence-corrected chi connectivity index (χ4v) is 2.74. The Balaban J connectivity index is 2.30. The molecule has 0 spiro atoms. The molecule has 1 fully saturated rings. The van der Waals surface area contributed by atoms with Gasteiger partial charge in [-0.3, -0.25) is 0 Å². The molecular weight excluding hydrogens is 199 g/mol. The molecule has 2 atom stereocenters. The highest BCUT2D eigenvalue weighted by Crippen LogP contribution is 2.42. The molecule has 1 aliphatic carbocycles. The summed E-state index contributed by atoms with van der Waals surface area (Å²) in [6.45, 7) is 2.17. The van der Waals surface area contributed by atoms with Crippen LogP contribution in [-0.4, -0.2) is 5.38 Å².